The maximum atomic E-state index is 11.7. The number of hydrazone groups is 1. The molecule has 1 heterocycles. The van der Waals surface area contributed by atoms with E-state index in [0.29, 0.717) is 6.54 Å². The molecular weight excluding hydrogens is 216 g/mol. The van der Waals surface area contributed by atoms with E-state index in [-0.39, 0.29) is 11.9 Å². The normalized spacial score (nSPS) is 20.4. The first-order valence-electron chi connectivity index (χ1n) is 5.57. The molecule has 0 bridgehead atoms. The van der Waals surface area contributed by atoms with Gasteiger partial charge in [0.1, 0.15) is 0 Å². The van der Waals surface area contributed by atoms with Crippen LogP contribution in [0.15, 0.2) is 29.4 Å². The van der Waals surface area contributed by atoms with Crippen molar-refractivity contribution in [2.24, 2.45) is 16.7 Å². The number of nitrogens with zero attached hydrogens (tertiary/aromatic N) is 2. The van der Waals surface area contributed by atoms with Crippen LogP contribution in [-0.4, -0.2) is 29.6 Å². The Morgan fingerprint density at radius 1 is 1.53 bits per heavy atom. The predicted molar refractivity (Wildman–Crippen MR) is 66.2 cm³/mol. The van der Waals surface area contributed by atoms with Crippen molar-refractivity contribution in [1.82, 2.24) is 4.90 Å². The zero-order valence-corrected chi connectivity index (χ0v) is 9.54. The molecule has 2 rings (SSSR count). The van der Waals surface area contributed by atoms with Crippen LogP contribution in [0.2, 0.25) is 0 Å². The van der Waals surface area contributed by atoms with E-state index in [9.17, 15) is 4.79 Å². The molecule has 5 nitrogen and oxygen atoms in total. The Bertz CT molecular complexity index is 444. The molecule has 17 heavy (non-hydrogen) atoms. The lowest BCUT2D eigenvalue weighted by atomic mass is 10.1. The lowest BCUT2D eigenvalue weighted by Gasteiger charge is -2.16. The van der Waals surface area contributed by atoms with Crippen LogP contribution in [0, 0.1) is 0 Å². The Morgan fingerprint density at radius 2 is 2.35 bits per heavy atom. The van der Waals surface area contributed by atoms with E-state index in [1.165, 1.54) is 0 Å². The number of hydrogen-bond acceptors (Lipinski definition) is 4. The number of nitrogens with two attached hydrogens (primary N) is 2. The van der Waals surface area contributed by atoms with Crippen molar-refractivity contribution in [2.45, 2.75) is 19.0 Å². The summed E-state index contributed by atoms with van der Waals surface area (Å²) in [5.41, 5.74) is 7.66. The molecule has 5 heteroatoms. The van der Waals surface area contributed by atoms with E-state index in [4.69, 9.17) is 11.6 Å². The molecule has 1 fully saturated rings. The summed E-state index contributed by atoms with van der Waals surface area (Å²) in [7, 11) is 0. The minimum atomic E-state index is -0.330. The number of carbonyl (C=O) groups excluding carboxylic acids is 1. The second-order valence-electron chi connectivity index (χ2n) is 4.18. The van der Waals surface area contributed by atoms with Gasteiger partial charge < -0.3 is 16.5 Å². The van der Waals surface area contributed by atoms with Crippen LogP contribution < -0.4 is 11.6 Å². The Morgan fingerprint density at radius 3 is 3.00 bits per heavy atom. The molecule has 90 valence electrons. The zero-order chi connectivity index (χ0) is 12.3. The molecule has 0 radical (unpaired) electrons. The summed E-state index contributed by atoms with van der Waals surface area (Å²) in [4.78, 5) is 13.5. The average molecular weight is 232 g/mol. The molecule has 1 amide bonds. The van der Waals surface area contributed by atoms with Gasteiger partial charge in [-0.05, 0) is 23.6 Å². The first-order valence-corrected chi connectivity index (χ1v) is 5.57. The highest BCUT2D eigenvalue weighted by atomic mass is 16.2. The van der Waals surface area contributed by atoms with Gasteiger partial charge in [0.05, 0.1) is 12.3 Å². The van der Waals surface area contributed by atoms with E-state index < -0.39 is 0 Å². The smallest absolute Gasteiger partial charge is 0.239 e. The summed E-state index contributed by atoms with van der Waals surface area (Å²) >= 11 is 0. The van der Waals surface area contributed by atoms with Crippen LogP contribution >= 0.6 is 0 Å². The average Bonchev–Trinajstić information content (AvgIpc) is 2.62. The summed E-state index contributed by atoms with van der Waals surface area (Å²) in [6.45, 7) is 1.33. The predicted octanol–water partition coefficient (Wildman–Crippen LogP) is 0.0388. The molecule has 0 saturated carbocycles. The number of carbonyl (C=O) groups is 1. The van der Waals surface area contributed by atoms with Gasteiger partial charge in [-0.1, -0.05) is 18.2 Å². The standard InChI is InChI=1S/C12H16N4O/c13-11-4-5-16(12(11)17)8-10-3-1-2-9(6-10)7-15-14/h1-3,6-7,11H,4-5,8,13-14H2. The molecule has 1 aliphatic rings. The SMILES string of the molecule is NN=Cc1cccc(CN2CCC(N)C2=O)c1. The van der Waals surface area contributed by atoms with E-state index >= 15 is 0 Å². The molecule has 0 aliphatic carbocycles. The lowest BCUT2D eigenvalue weighted by Crippen LogP contribution is -2.33. The van der Waals surface area contributed by atoms with Gasteiger partial charge in [0.25, 0.3) is 0 Å². The van der Waals surface area contributed by atoms with Crippen LogP contribution in [0.4, 0.5) is 0 Å². The summed E-state index contributed by atoms with van der Waals surface area (Å²) in [6, 6.07) is 7.45. The van der Waals surface area contributed by atoms with Gasteiger partial charge >= 0.3 is 0 Å². The first kappa shape index (κ1) is 11.6. The van der Waals surface area contributed by atoms with Crippen LogP contribution in [0.25, 0.3) is 0 Å². The number of rotatable bonds is 3. The van der Waals surface area contributed by atoms with E-state index in [1.807, 2.05) is 24.3 Å². The number of benzene rings is 1. The minimum absolute atomic E-state index is 0.0305. The van der Waals surface area contributed by atoms with Crippen molar-refractivity contribution in [3.8, 4) is 0 Å². The fourth-order valence-electron chi connectivity index (χ4n) is 2.00. The first-order chi connectivity index (χ1) is 8.20. The highest BCUT2D eigenvalue weighted by molar-refractivity contribution is 5.83. The fourth-order valence-corrected chi connectivity index (χ4v) is 2.00. The molecule has 4 N–H and O–H groups in total. The van der Waals surface area contributed by atoms with Crippen LogP contribution in [0.5, 0.6) is 0 Å². The van der Waals surface area contributed by atoms with Crippen molar-refractivity contribution in [3.63, 3.8) is 0 Å². The van der Waals surface area contributed by atoms with Crippen LogP contribution in [0.1, 0.15) is 17.5 Å². The van der Waals surface area contributed by atoms with Gasteiger partial charge in [-0.15, -0.1) is 0 Å². The molecule has 0 aromatic heterocycles. The van der Waals surface area contributed by atoms with Crippen molar-refractivity contribution >= 4 is 12.1 Å². The van der Waals surface area contributed by atoms with Crippen LogP contribution in [0.3, 0.4) is 0 Å². The van der Waals surface area contributed by atoms with Gasteiger partial charge in [0.15, 0.2) is 0 Å². The zero-order valence-electron chi connectivity index (χ0n) is 9.54. The number of amides is 1. The summed E-state index contributed by atoms with van der Waals surface area (Å²) in [5, 5.41) is 3.48. The number of hydrogen-bond donors (Lipinski definition) is 2. The molecule has 1 aliphatic heterocycles. The van der Waals surface area contributed by atoms with Gasteiger partial charge in [-0.3, -0.25) is 4.79 Å². The summed E-state index contributed by atoms with van der Waals surface area (Å²) in [5.74, 6) is 5.13. The Kier molecular flexibility index (Phi) is 3.39. The van der Waals surface area contributed by atoms with Gasteiger partial charge in [0.2, 0.25) is 5.91 Å². The van der Waals surface area contributed by atoms with E-state index in [1.54, 1.807) is 11.1 Å². The second kappa shape index (κ2) is 4.97. The molecule has 1 aromatic rings. The summed E-state index contributed by atoms with van der Waals surface area (Å²) < 4.78 is 0. The molecule has 1 unspecified atom stereocenters. The van der Waals surface area contributed by atoms with Crippen molar-refractivity contribution in [3.05, 3.63) is 35.4 Å². The molecule has 1 atom stereocenters. The molecule has 1 aromatic carbocycles. The fraction of sp³-hybridized carbons (Fsp3) is 0.333. The highest BCUT2D eigenvalue weighted by Gasteiger charge is 2.28. The van der Waals surface area contributed by atoms with Crippen molar-refractivity contribution in [2.75, 3.05) is 6.54 Å². The van der Waals surface area contributed by atoms with E-state index in [0.717, 1.165) is 24.1 Å². The van der Waals surface area contributed by atoms with Gasteiger partial charge in [-0.2, -0.15) is 5.10 Å². The highest BCUT2D eigenvalue weighted by Crippen LogP contribution is 2.14. The maximum absolute atomic E-state index is 11.7. The summed E-state index contributed by atoms with van der Waals surface area (Å²) in [6.07, 6.45) is 2.32. The Labute approximate surface area is 100 Å². The quantitative estimate of drug-likeness (QED) is 0.438. The number of likely N-dealkylation sites (tertiary alicyclic amines) is 1. The minimum Gasteiger partial charge on any atom is -0.337 e. The van der Waals surface area contributed by atoms with Gasteiger partial charge in [0, 0.05) is 13.1 Å². The van der Waals surface area contributed by atoms with Crippen molar-refractivity contribution < 1.29 is 4.79 Å². The van der Waals surface area contributed by atoms with Crippen LogP contribution in [-0.2, 0) is 11.3 Å². The second-order valence-corrected chi connectivity index (χ2v) is 4.18. The lowest BCUT2D eigenvalue weighted by molar-refractivity contribution is -0.129. The molecule has 0 spiro atoms. The molecule has 1 saturated heterocycles. The third kappa shape index (κ3) is 2.62. The molecular formula is C12H16N4O. The largest absolute Gasteiger partial charge is 0.337 e. The Hall–Kier alpha value is -1.88. The Balaban J connectivity index is 2.08. The van der Waals surface area contributed by atoms with E-state index in [2.05, 4.69) is 5.10 Å². The topological polar surface area (TPSA) is 84.7 Å². The third-order valence-corrected chi connectivity index (χ3v) is 2.89. The van der Waals surface area contributed by atoms with Gasteiger partial charge in [-0.25, -0.2) is 0 Å². The maximum Gasteiger partial charge on any atom is 0.239 e. The monoisotopic (exact) mass is 232 g/mol. The van der Waals surface area contributed by atoms with Crippen molar-refractivity contribution in [1.29, 1.82) is 0 Å². The third-order valence-electron chi connectivity index (χ3n) is 2.89.